The second-order valence-electron chi connectivity index (χ2n) is 6.74. The average molecular weight is 352 g/mol. The van der Waals surface area contributed by atoms with E-state index in [1.54, 1.807) is 6.92 Å². The Bertz CT molecular complexity index is 525. The van der Waals surface area contributed by atoms with Gasteiger partial charge in [-0.3, -0.25) is 4.90 Å². The zero-order chi connectivity index (χ0) is 18.1. The fourth-order valence-corrected chi connectivity index (χ4v) is 2.96. The van der Waals surface area contributed by atoms with Crippen molar-refractivity contribution in [1.29, 1.82) is 0 Å². The van der Waals surface area contributed by atoms with E-state index in [0.29, 0.717) is 30.2 Å². The molecule has 0 saturated carbocycles. The van der Waals surface area contributed by atoms with Gasteiger partial charge in [0.1, 0.15) is 6.54 Å². The Hall–Kier alpha value is -1.67. The topological polar surface area (TPSA) is 87.8 Å². The summed E-state index contributed by atoms with van der Waals surface area (Å²) >= 11 is 0. The third kappa shape index (κ3) is 6.99. The molecule has 2 N–H and O–H groups in total. The maximum absolute atomic E-state index is 5.49. The fourth-order valence-electron chi connectivity index (χ4n) is 2.96. The monoisotopic (exact) mass is 352 g/mol. The van der Waals surface area contributed by atoms with Crippen LogP contribution in [0, 0.1) is 12.8 Å². The van der Waals surface area contributed by atoms with Crippen molar-refractivity contribution >= 4 is 5.96 Å². The van der Waals surface area contributed by atoms with Crippen LogP contribution in [-0.4, -0.2) is 66.4 Å². The molecular weight excluding hydrogens is 320 g/mol. The second-order valence-corrected chi connectivity index (χ2v) is 6.74. The smallest absolute Gasteiger partial charge is 0.248 e. The third-order valence-corrected chi connectivity index (χ3v) is 4.10. The number of hydrogen-bond acceptors (Lipinski definition) is 6. The third-order valence-electron chi connectivity index (χ3n) is 4.10. The highest BCUT2D eigenvalue weighted by atomic mass is 16.5. The molecule has 1 fully saturated rings. The van der Waals surface area contributed by atoms with Crippen molar-refractivity contribution in [3.8, 4) is 0 Å². The second kappa shape index (κ2) is 10.4. The van der Waals surface area contributed by atoms with Gasteiger partial charge >= 0.3 is 0 Å². The molecule has 2 heterocycles. The van der Waals surface area contributed by atoms with Gasteiger partial charge in [-0.2, -0.15) is 4.98 Å². The van der Waals surface area contributed by atoms with Gasteiger partial charge in [-0.25, -0.2) is 4.99 Å². The SMILES string of the molecule is CCNC(=NCc1nc(C)no1)NCC(CC(C)C)N1CCOCC1. The zero-order valence-electron chi connectivity index (χ0n) is 15.9. The lowest BCUT2D eigenvalue weighted by atomic mass is 10.0. The lowest BCUT2D eigenvalue weighted by Crippen LogP contribution is -2.51. The van der Waals surface area contributed by atoms with E-state index in [9.17, 15) is 0 Å². The van der Waals surface area contributed by atoms with Crippen molar-refractivity contribution in [2.24, 2.45) is 10.9 Å². The molecule has 0 aromatic carbocycles. The van der Waals surface area contributed by atoms with Crippen LogP contribution in [0.1, 0.15) is 38.9 Å². The summed E-state index contributed by atoms with van der Waals surface area (Å²) in [5.41, 5.74) is 0. The van der Waals surface area contributed by atoms with Crippen molar-refractivity contribution in [1.82, 2.24) is 25.7 Å². The van der Waals surface area contributed by atoms with E-state index in [4.69, 9.17) is 9.26 Å². The number of hydrogen-bond donors (Lipinski definition) is 2. The highest BCUT2D eigenvalue weighted by Gasteiger charge is 2.22. The number of morpholine rings is 1. The van der Waals surface area contributed by atoms with Crippen LogP contribution in [0.2, 0.25) is 0 Å². The molecule has 25 heavy (non-hydrogen) atoms. The van der Waals surface area contributed by atoms with Crippen molar-refractivity contribution in [2.45, 2.75) is 46.7 Å². The molecule has 0 amide bonds. The minimum atomic E-state index is 0.378. The van der Waals surface area contributed by atoms with E-state index in [1.165, 1.54) is 0 Å². The summed E-state index contributed by atoms with van der Waals surface area (Å²) < 4.78 is 10.6. The van der Waals surface area contributed by atoms with E-state index in [0.717, 1.165) is 51.8 Å². The van der Waals surface area contributed by atoms with E-state index >= 15 is 0 Å². The molecule has 0 bridgehead atoms. The largest absolute Gasteiger partial charge is 0.379 e. The molecule has 1 unspecified atom stereocenters. The van der Waals surface area contributed by atoms with E-state index in [-0.39, 0.29) is 0 Å². The summed E-state index contributed by atoms with van der Waals surface area (Å²) in [6.45, 7) is 14.1. The minimum absolute atomic E-state index is 0.378. The molecule has 8 heteroatoms. The van der Waals surface area contributed by atoms with Crippen LogP contribution in [-0.2, 0) is 11.3 Å². The molecule has 2 rings (SSSR count). The number of guanidine groups is 1. The Morgan fingerprint density at radius 3 is 2.64 bits per heavy atom. The number of nitrogens with one attached hydrogen (secondary N) is 2. The first-order valence-corrected chi connectivity index (χ1v) is 9.21. The van der Waals surface area contributed by atoms with Gasteiger partial charge in [0.2, 0.25) is 5.89 Å². The zero-order valence-corrected chi connectivity index (χ0v) is 15.9. The number of ether oxygens (including phenoxy) is 1. The summed E-state index contributed by atoms with van der Waals surface area (Å²) in [4.78, 5) is 11.3. The molecule has 1 saturated heterocycles. The molecule has 0 radical (unpaired) electrons. The summed E-state index contributed by atoms with van der Waals surface area (Å²) in [6.07, 6.45) is 1.15. The van der Waals surface area contributed by atoms with Crippen LogP contribution >= 0.6 is 0 Å². The standard InChI is InChI=1S/C17H32N6O2/c1-5-18-17(20-12-16-21-14(4)22-25-16)19-11-15(10-13(2)3)23-6-8-24-9-7-23/h13,15H,5-12H2,1-4H3,(H2,18,19,20). The lowest BCUT2D eigenvalue weighted by Gasteiger charge is -2.35. The van der Waals surface area contributed by atoms with Crippen molar-refractivity contribution in [3.05, 3.63) is 11.7 Å². The summed E-state index contributed by atoms with van der Waals surface area (Å²) in [6, 6.07) is 0.471. The molecule has 1 aromatic rings. The molecular formula is C17H32N6O2. The maximum Gasteiger partial charge on any atom is 0.248 e. The quantitative estimate of drug-likeness (QED) is 0.536. The first-order valence-electron chi connectivity index (χ1n) is 9.21. The average Bonchev–Trinajstić information content (AvgIpc) is 3.02. The molecule has 1 atom stereocenters. The number of rotatable bonds is 8. The first-order chi connectivity index (χ1) is 12.1. The van der Waals surface area contributed by atoms with Gasteiger partial charge in [0.25, 0.3) is 0 Å². The molecule has 0 spiro atoms. The Balaban J connectivity index is 1.93. The number of aromatic nitrogens is 2. The van der Waals surface area contributed by atoms with Gasteiger partial charge in [-0.05, 0) is 26.2 Å². The van der Waals surface area contributed by atoms with Gasteiger partial charge in [-0.1, -0.05) is 19.0 Å². The highest BCUT2D eigenvalue weighted by molar-refractivity contribution is 5.79. The van der Waals surface area contributed by atoms with Crippen molar-refractivity contribution in [3.63, 3.8) is 0 Å². The van der Waals surface area contributed by atoms with E-state index in [2.05, 4.69) is 51.4 Å². The Morgan fingerprint density at radius 2 is 2.04 bits per heavy atom. The molecule has 1 aliphatic heterocycles. The van der Waals surface area contributed by atoms with Crippen LogP contribution in [0.4, 0.5) is 0 Å². The Labute approximate surface area is 150 Å². The fraction of sp³-hybridized carbons (Fsp3) is 0.824. The number of nitrogens with zero attached hydrogens (tertiary/aromatic N) is 4. The molecule has 0 aliphatic carbocycles. The summed E-state index contributed by atoms with van der Waals surface area (Å²) in [5, 5.41) is 10.5. The van der Waals surface area contributed by atoms with Crippen molar-refractivity contribution in [2.75, 3.05) is 39.4 Å². The van der Waals surface area contributed by atoms with Crippen LogP contribution in [0.5, 0.6) is 0 Å². The van der Waals surface area contributed by atoms with Gasteiger partial charge in [0.15, 0.2) is 11.8 Å². The molecule has 8 nitrogen and oxygen atoms in total. The van der Waals surface area contributed by atoms with Gasteiger partial charge < -0.3 is 19.9 Å². The first kappa shape index (κ1) is 19.7. The normalized spacial score (nSPS) is 17.7. The predicted octanol–water partition coefficient (Wildman–Crippen LogP) is 1.18. The molecule has 1 aliphatic rings. The van der Waals surface area contributed by atoms with Crippen LogP contribution in [0.25, 0.3) is 0 Å². The number of aliphatic imine (C=N–C) groups is 1. The van der Waals surface area contributed by atoms with Gasteiger partial charge in [-0.15, -0.1) is 0 Å². The minimum Gasteiger partial charge on any atom is -0.379 e. The summed E-state index contributed by atoms with van der Waals surface area (Å²) in [5.74, 6) is 2.59. The predicted molar refractivity (Wildman–Crippen MR) is 97.5 cm³/mol. The Kier molecular flexibility index (Phi) is 8.14. The highest BCUT2D eigenvalue weighted by Crippen LogP contribution is 2.13. The molecule has 1 aromatic heterocycles. The van der Waals surface area contributed by atoms with Gasteiger partial charge in [0.05, 0.1) is 13.2 Å². The van der Waals surface area contributed by atoms with Crippen LogP contribution in [0.15, 0.2) is 9.52 Å². The number of aryl methyl sites for hydroxylation is 1. The van der Waals surface area contributed by atoms with Crippen LogP contribution in [0.3, 0.4) is 0 Å². The lowest BCUT2D eigenvalue weighted by molar-refractivity contribution is 0.0132. The Morgan fingerprint density at radius 1 is 1.28 bits per heavy atom. The summed E-state index contributed by atoms with van der Waals surface area (Å²) in [7, 11) is 0. The van der Waals surface area contributed by atoms with E-state index < -0.39 is 0 Å². The maximum atomic E-state index is 5.49. The molecule has 142 valence electrons. The van der Waals surface area contributed by atoms with E-state index in [1.807, 2.05) is 0 Å². The van der Waals surface area contributed by atoms with Gasteiger partial charge in [0, 0.05) is 32.2 Å². The van der Waals surface area contributed by atoms with Crippen LogP contribution < -0.4 is 10.6 Å². The van der Waals surface area contributed by atoms with Crippen molar-refractivity contribution < 1.29 is 9.26 Å².